The van der Waals surface area contributed by atoms with Gasteiger partial charge in [0.05, 0.1) is 15.9 Å². The van der Waals surface area contributed by atoms with Gasteiger partial charge in [0.1, 0.15) is 6.54 Å². The number of hydrogen-bond acceptors (Lipinski definition) is 5. The number of imidazole rings is 1. The summed E-state index contributed by atoms with van der Waals surface area (Å²) in [5.74, 6) is -0.0573. The van der Waals surface area contributed by atoms with Gasteiger partial charge in [-0.15, -0.1) is 0 Å². The van der Waals surface area contributed by atoms with E-state index in [1.54, 1.807) is 21.0 Å². The lowest BCUT2D eigenvalue weighted by Gasteiger charge is -2.31. The molecular formula is C22H25N3O4S2. The van der Waals surface area contributed by atoms with Crippen molar-refractivity contribution in [1.29, 1.82) is 0 Å². The normalized spacial score (nSPS) is 17.8. The van der Waals surface area contributed by atoms with Crippen molar-refractivity contribution in [3.63, 3.8) is 0 Å². The van der Waals surface area contributed by atoms with E-state index in [0.717, 1.165) is 29.4 Å². The largest absolute Gasteiger partial charge is 0.480 e. The van der Waals surface area contributed by atoms with Crippen LogP contribution in [0.4, 0.5) is 0 Å². The molecule has 31 heavy (non-hydrogen) atoms. The molecular weight excluding hydrogens is 434 g/mol. The number of carboxylic acids is 1. The van der Waals surface area contributed by atoms with Gasteiger partial charge in [0.25, 0.3) is 0 Å². The molecule has 9 heteroatoms. The number of aromatic nitrogens is 2. The Kier molecular flexibility index (Phi) is 6.36. The van der Waals surface area contributed by atoms with Crippen molar-refractivity contribution in [2.45, 2.75) is 36.4 Å². The summed E-state index contributed by atoms with van der Waals surface area (Å²) in [7, 11) is -3.51. The highest BCUT2D eigenvalue weighted by Gasteiger charge is 2.30. The number of nitrogens with zero attached hydrogens (tertiary/aromatic N) is 3. The number of carbonyl (C=O) groups is 1. The quantitative estimate of drug-likeness (QED) is 0.543. The summed E-state index contributed by atoms with van der Waals surface area (Å²) < 4.78 is 29.4. The standard InChI is InChI=1S/C22H25N3O4S2/c1-16-8-10-18(11-9-16)31(28,29)24-12-4-5-17(13-24)15-30-22-23-19-6-2-3-7-20(19)25(22)14-21(26)27/h2-3,6-11,17H,4-5,12-15H2,1H3,(H,26,27). The number of fused-ring (bicyclic) bond motifs is 1. The number of benzene rings is 2. The van der Waals surface area contributed by atoms with Crippen LogP contribution in [0.5, 0.6) is 0 Å². The van der Waals surface area contributed by atoms with Crippen LogP contribution in [0, 0.1) is 12.8 Å². The minimum atomic E-state index is -3.51. The summed E-state index contributed by atoms with van der Waals surface area (Å²) in [4.78, 5) is 16.3. The van der Waals surface area contributed by atoms with Gasteiger partial charge in [-0.25, -0.2) is 13.4 Å². The monoisotopic (exact) mass is 459 g/mol. The molecule has 0 radical (unpaired) electrons. The number of para-hydroxylation sites is 2. The van der Waals surface area contributed by atoms with Gasteiger partial charge < -0.3 is 9.67 Å². The Bertz CT molecular complexity index is 1190. The van der Waals surface area contributed by atoms with Crippen molar-refractivity contribution in [2.75, 3.05) is 18.8 Å². The van der Waals surface area contributed by atoms with E-state index in [2.05, 4.69) is 4.98 Å². The zero-order valence-corrected chi connectivity index (χ0v) is 18.9. The third-order valence-corrected chi connectivity index (χ3v) is 8.59. The SMILES string of the molecule is Cc1ccc(S(=O)(=O)N2CCCC(CSc3nc4ccccc4n3CC(=O)O)C2)cc1. The fourth-order valence-corrected chi connectivity index (χ4v) is 6.58. The van der Waals surface area contributed by atoms with Crippen LogP contribution in [0.3, 0.4) is 0 Å². The third kappa shape index (κ3) is 4.78. The Morgan fingerprint density at radius 1 is 1.19 bits per heavy atom. The number of thioether (sulfide) groups is 1. The first-order chi connectivity index (χ1) is 14.8. The molecule has 0 amide bonds. The van der Waals surface area contributed by atoms with Gasteiger partial charge in [0, 0.05) is 18.8 Å². The smallest absolute Gasteiger partial charge is 0.323 e. The van der Waals surface area contributed by atoms with E-state index in [9.17, 15) is 18.3 Å². The Morgan fingerprint density at radius 2 is 1.94 bits per heavy atom. The number of hydrogen-bond donors (Lipinski definition) is 1. The average Bonchev–Trinajstić information content (AvgIpc) is 3.10. The predicted octanol–water partition coefficient (Wildman–Crippen LogP) is 3.62. The van der Waals surface area contributed by atoms with Gasteiger partial charge in [-0.2, -0.15) is 4.31 Å². The Labute approximate surface area is 186 Å². The fourth-order valence-electron chi connectivity index (χ4n) is 3.88. The number of aliphatic carboxylic acids is 1. The molecule has 1 fully saturated rings. The highest BCUT2D eigenvalue weighted by molar-refractivity contribution is 7.99. The molecule has 1 N–H and O–H groups in total. The second kappa shape index (κ2) is 9.02. The van der Waals surface area contributed by atoms with Gasteiger partial charge in [0.2, 0.25) is 10.0 Å². The van der Waals surface area contributed by atoms with Crippen LogP contribution >= 0.6 is 11.8 Å². The zero-order valence-electron chi connectivity index (χ0n) is 17.3. The van der Waals surface area contributed by atoms with Crippen molar-refractivity contribution < 1.29 is 18.3 Å². The Hall–Kier alpha value is -2.36. The zero-order chi connectivity index (χ0) is 22.0. The maximum atomic E-state index is 13.0. The van der Waals surface area contributed by atoms with Crippen molar-refractivity contribution in [3.05, 3.63) is 54.1 Å². The van der Waals surface area contributed by atoms with Crippen LogP contribution in [-0.4, -0.2) is 52.2 Å². The second-order valence-corrected chi connectivity index (χ2v) is 10.8. The van der Waals surface area contributed by atoms with E-state index >= 15 is 0 Å². The molecule has 2 heterocycles. The summed E-state index contributed by atoms with van der Waals surface area (Å²) in [6.45, 7) is 2.76. The number of rotatable bonds is 7. The molecule has 0 aliphatic carbocycles. The molecule has 1 aliphatic rings. The van der Waals surface area contributed by atoms with Crippen molar-refractivity contribution >= 4 is 38.8 Å². The molecule has 0 spiro atoms. The van der Waals surface area contributed by atoms with E-state index in [1.807, 2.05) is 43.3 Å². The maximum absolute atomic E-state index is 13.0. The maximum Gasteiger partial charge on any atom is 0.323 e. The first kappa shape index (κ1) is 21.9. The van der Waals surface area contributed by atoms with E-state index in [4.69, 9.17) is 0 Å². The lowest BCUT2D eigenvalue weighted by molar-refractivity contribution is -0.137. The summed E-state index contributed by atoms with van der Waals surface area (Å²) in [6, 6.07) is 14.4. The van der Waals surface area contributed by atoms with Crippen molar-refractivity contribution in [1.82, 2.24) is 13.9 Å². The highest BCUT2D eigenvalue weighted by atomic mass is 32.2. The topological polar surface area (TPSA) is 92.5 Å². The van der Waals surface area contributed by atoms with E-state index in [-0.39, 0.29) is 12.5 Å². The van der Waals surface area contributed by atoms with Gasteiger partial charge >= 0.3 is 5.97 Å². The summed E-state index contributed by atoms with van der Waals surface area (Å²) >= 11 is 1.50. The minimum absolute atomic E-state index is 0.151. The predicted molar refractivity (Wildman–Crippen MR) is 121 cm³/mol. The molecule has 1 aromatic heterocycles. The van der Waals surface area contributed by atoms with Crippen LogP contribution in [0.25, 0.3) is 11.0 Å². The van der Waals surface area contributed by atoms with E-state index < -0.39 is 16.0 Å². The molecule has 3 aromatic rings. The number of piperidine rings is 1. The molecule has 164 valence electrons. The minimum Gasteiger partial charge on any atom is -0.480 e. The summed E-state index contributed by atoms with van der Waals surface area (Å²) in [6.07, 6.45) is 1.74. The van der Waals surface area contributed by atoms with Gasteiger partial charge in [-0.3, -0.25) is 4.79 Å². The summed E-state index contributed by atoms with van der Waals surface area (Å²) in [5, 5.41) is 9.96. The lowest BCUT2D eigenvalue weighted by atomic mass is 10.0. The number of sulfonamides is 1. The first-order valence-corrected chi connectivity index (χ1v) is 12.6. The molecule has 1 aliphatic heterocycles. The van der Waals surface area contributed by atoms with Crippen LogP contribution in [0.2, 0.25) is 0 Å². The third-order valence-electron chi connectivity index (χ3n) is 5.50. The van der Waals surface area contributed by atoms with Gasteiger partial charge in [-0.05, 0) is 49.9 Å². The first-order valence-electron chi connectivity index (χ1n) is 10.2. The van der Waals surface area contributed by atoms with E-state index in [1.165, 1.54) is 11.8 Å². The highest BCUT2D eigenvalue weighted by Crippen LogP contribution is 2.30. The van der Waals surface area contributed by atoms with Gasteiger partial charge in [-0.1, -0.05) is 41.6 Å². The number of aryl methyl sites for hydroxylation is 1. The van der Waals surface area contributed by atoms with Crippen LogP contribution in [0.1, 0.15) is 18.4 Å². The molecule has 1 unspecified atom stereocenters. The molecule has 4 rings (SSSR count). The molecule has 1 atom stereocenters. The van der Waals surface area contributed by atoms with Crippen molar-refractivity contribution in [3.8, 4) is 0 Å². The van der Waals surface area contributed by atoms with Crippen molar-refractivity contribution in [2.24, 2.45) is 5.92 Å². The molecule has 1 saturated heterocycles. The molecule has 2 aromatic carbocycles. The van der Waals surface area contributed by atoms with Crippen LogP contribution < -0.4 is 0 Å². The second-order valence-electron chi connectivity index (χ2n) is 7.86. The molecule has 0 saturated carbocycles. The Balaban J connectivity index is 1.48. The molecule has 0 bridgehead atoms. The average molecular weight is 460 g/mol. The number of carboxylic acid groups (broad SMARTS) is 1. The van der Waals surface area contributed by atoms with Crippen LogP contribution in [-0.2, 0) is 21.4 Å². The van der Waals surface area contributed by atoms with Gasteiger partial charge in [0.15, 0.2) is 5.16 Å². The summed E-state index contributed by atoms with van der Waals surface area (Å²) in [5.41, 5.74) is 2.58. The van der Waals surface area contributed by atoms with E-state index in [0.29, 0.717) is 28.9 Å². The van der Waals surface area contributed by atoms with Crippen LogP contribution in [0.15, 0.2) is 58.6 Å². The lowest BCUT2D eigenvalue weighted by Crippen LogP contribution is -2.40. The Morgan fingerprint density at radius 3 is 2.68 bits per heavy atom. The fraction of sp³-hybridized carbons (Fsp3) is 0.364. The molecule has 7 nitrogen and oxygen atoms in total.